The van der Waals surface area contributed by atoms with E-state index < -0.39 is 5.97 Å². The Hall–Kier alpha value is -0.830. The number of aliphatic carboxylic acids is 1. The Bertz CT molecular complexity index is 298. The third-order valence-corrected chi connectivity index (χ3v) is 3.00. The zero-order valence-electron chi connectivity index (χ0n) is 8.53. The second kappa shape index (κ2) is 6.62. The molecule has 3 heteroatoms. The first-order valence-electron chi connectivity index (χ1n) is 5.08. The fraction of sp³-hybridized carbons (Fsp3) is 0.417. The molecule has 0 amide bonds. The number of hydrogen-bond acceptors (Lipinski definition) is 1. The van der Waals surface area contributed by atoms with Crippen LogP contribution in [0.3, 0.4) is 0 Å². The number of benzene rings is 1. The molecule has 0 bridgehead atoms. The van der Waals surface area contributed by atoms with Crippen molar-refractivity contribution in [1.29, 1.82) is 0 Å². The normalized spacial score (nSPS) is 12.3. The van der Waals surface area contributed by atoms with E-state index in [9.17, 15) is 4.79 Å². The quantitative estimate of drug-likeness (QED) is 0.806. The molecule has 0 aliphatic rings. The number of carboxylic acid groups (broad SMARTS) is 1. The minimum Gasteiger partial charge on any atom is -0.481 e. The van der Waals surface area contributed by atoms with Gasteiger partial charge in [-0.3, -0.25) is 4.79 Å². The fourth-order valence-electron chi connectivity index (χ4n) is 1.46. The summed E-state index contributed by atoms with van der Waals surface area (Å²) in [6, 6.07) is 10.2. The predicted octanol–water partition coefficient (Wildman–Crippen LogP) is 3.25. The Morgan fingerprint density at radius 1 is 1.33 bits per heavy atom. The van der Waals surface area contributed by atoms with E-state index in [1.54, 1.807) is 0 Å². The number of carbonyl (C=O) groups is 1. The van der Waals surface area contributed by atoms with Crippen molar-refractivity contribution in [3.05, 3.63) is 35.9 Å². The Kier molecular flexibility index (Phi) is 5.40. The van der Waals surface area contributed by atoms with Crippen LogP contribution in [0.1, 0.15) is 24.8 Å². The highest BCUT2D eigenvalue weighted by molar-refractivity contribution is 9.09. The number of hydrogen-bond donors (Lipinski definition) is 1. The summed E-state index contributed by atoms with van der Waals surface area (Å²) in [5.74, 6) is -0.739. The van der Waals surface area contributed by atoms with Crippen molar-refractivity contribution >= 4 is 21.9 Å². The third kappa shape index (κ3) is 5.57. The maximum atomic E-state index is 10.4. The summed E-state index contributed by atoms with van der Waals surface area (Å²) in [6.07, 6.45) is 3.14. The van der Waals surface area contributed by atoms with Gasteiger partial charge in [0.2, 0.25) is 0 Å². The van der Waals surface area contributed by atoms with Gasteiger partial charge < -0.3 is 5.11 Å². The number of halogens is 1. The molecule has 2 nitrogen and oxygen atoms in total. The van der Waals surface area contributed by atoms with E-state index in [2.05, 4.69) is 28.1 Å². The summed E-state index contributed by atoms with van der Waals surface area (Å²) >= 11 is 3.37. The van der Waals surface area contributed by atoms with E-state index in [-0.39, 0.29) is 11.2 Å². The first-order valence-corrected chi connectivity index (χ1v) is 6.00. The van der Waals surface area contributed by atoms with Crippen LogP contribution in [-0.2, 0) is 11.2 Å². The standard InChI is InChI=1S/C12H15BrO2/c13-11(9-12(14)15)8-4-7-10-5-2-1-3-6-10/h1-3,5-6,11H,4,7-9H2,(H,14,15). The zero-order chi connectivity index (χ0) is 11.1. The molecule has 0 aliphatic heterocycles. The van der Waals surface area contributed by atoms with Crippen molar-refractivity contribution in [3.63, 3.8) is 0 Å². The molecule has 15 heavy (non-hydrogen) atoms. The Balaban J connectivity index is 2.19. The van der Waals surface area contributed by atoms with Crippen LogP contribution in [0.25, 0.3) is 0 Å². The van der Waals surface area contributed by atoms with Gasteiger partial charge in [-0.25, -0.2) is 0 Å². The molecule has 0 saturated carbocycles. The average molecular weight is 271 g/mol. The molecule has 1 aromatic carbocycles. The van der Waals surface area contributed by atoms with Gasteiger partial charge in [0, 0.05) is 4.83 Å². The topological polar surface area (TPSA) is 37.3 Å². The second-order valence-electron chi connectivity index (χ2n) is 3.57. The molecule has 1 aromatic rings. The van der Waals surface area contributed by atoms with Crippen LogP contribution in [0.2, 0.25) is 0 Å². The van der Waals surface area contributed by atoms with Crippen LogP contribution < -0.4 is 0 Å². The van der Waals surface area contributed by atoms with E-state index in [1.165, 1.54) is 5.56 Å². The first-order chi connectivity index (χ1) is 7.18. The lowest BCUT2D eigenvalue weighted by Crippen LogP contribution is -2.06. The summed E-state index contributed by atoms with van der Waals surface area (Å²) in [4.78, 5) is 10.5. The van der Waals surface area contributed by atoms with Crippen LogP contribution in [-0.4, -0.2) is 15.9 Å². The maximum absolute atomic E-state index is 10.4. The maximum Gasteiger partial charge on any atom is 0.304 e. The molecule has 0 heterocycles. The number of carboxylic acids is 1. The van der Waals surface area contributed by atoms with Crippen molar-refractivity contribution in [2.45, 2.75) is 30.5 Å². The van der Waals surface area contributed by atoms with Crippen LogP contribution >= 0.6 is 15.9 Å². The molecule has 0 aromatic heterocycles. The van der Waals surface area contributed by atoms with Crippen LogP contribution in [0.15, 0.2) is 30.3 Å². The fourth-order valence-corrected chi connectivity index (χ4v) is 2.06. The van der Waals surface area contributed by atoms with E-state index in [1.807, 2.05) is 18.2 Å². The highest BCUT2D eigenvalue weighted by Crippen LogP contribution is 2.14. The minimum atomic E-state index is -0.739. The van der Waals surface area contributed by atoms with E-state index in [0.29, 0.717) is 0 Å². The van der Waals surface area contributed by atoms with E-state index in [0.717, 1.165) is 19.3 Å². The lowest BCUT2D eigenvalue weighted by Gasteiger charge is -2.06. The molecule has 1 rings (SSSR count). The molecule has 1 N–H and O–H groups in total. The summed E-state index contributed by atoms with van der Waals surface area (Å²) < 4.78 is 0. The number of rotatable bonds is 6. The van der Waals surface area contributed by atoms with Crippen molar-refractivity contribution in [2.24, 2.45) is 0 Å². The van der Waals surface area contributed by atoms with Crippen LogP contribution in [0.5, 0.6) is 0 Å². The third-order valence-electron chi connectivity index (χ3n) is 2.22. The molecule has 0 aliphatic carbocycles. The molecule has 1 unspecified atom stereocenters. The van der Waals surface area contributed by atoms with Crippen LogP contribution in [0.4, 0.5) is 0 Å². The second-order valence-corrected chi connectivity index (χ2v) is 4.87. The van der Waals surface area contributed by atoms with E-state index in [4.69, 9.17) is 5.11 Å². The van der Waals surface area contributed by atoms with Crippen molar-refractivity contribution < 1.29 is 9.90 Å². The van der Waals surface area contributed by atoms with Crippen molar-refractivity contribution in [2.75, 3.05) is 0 Å². The summed E-state index contributed by atoms with van der Waals surface area (Å²) in [5.41, 5.74) is 1.31. The lowest BCUT2D eigenvalue weighted by molar-refractivity contribution is -0.136. The monoisotopic (exact) mass is 270 g/mol. The molecule has 1 atom stereocenters. The smallest absolute Gasteiger partial charge is 0.304 e. The molecule has 0 saturated heterocycles. The van der Waals surface area contributed by atoms with Gasteiger partial charge in [0.05, 0.1) is 6.42 Å². The Morgan fingerprint density at radius 3 is 2.60 bits per heavy atom. The van der Waals surface area contributed by atoms with E-state index >= 15 is 0 Å². The van der Waals surface area contributed by atoms with Crippen molar-refractivity contribution in [1.82, 2.24) is 0 Å². The summed E-state index contributed by atoms with van der Waals surface area (Å²) in [6.45, 7) is 0. The largest absolute Gasteiger partial charge is 0.481 e. The molecule has 0 fully saturated rings. The van der Waals surface area contributed by atoms with Gasteiger partial charge in [-0.15, -0.1) is 0 Å². The number of alkyl halides is 1. The summed E-state index contributed by atoms with van der Waals surface area (Å²) in [5, 5.41) is 8.57. The van der Waals surface area contributed by atoms with Gasteiger partial charge in [0.25, 0.3) is 0 Å². The van der Waals surface area contributed by atoms with Crippen molar-refractivity contribution in [3.8, 4) is 0 Å². The summed E-state index contributed by atoms with van der Waals surface area (Å²) in [7, 11) is 0. The highest BCUT2D eigenvalue weighted by Gasteiger charge is 2.08. The van der Waals surface area contributed by atoms with Gasteiger partial charge in [-0.05, 0) is 24.8 Å². The zero-order valence-corrected chi connectivity index (χ0v) is 10.1. The van der Waals surface area contributed by atoms with Gasteiger partial charge in [-0.1, -0.05) is 46.3 Å². The number of aryl methyl sites for hydroxylation is 1. The molecular weight excluding hydrogens is 256 g/mol. The van der Waals surface area contributed by atoms with Gasteiger partial charge >= 0.3 is 5.97 Å². The SMILES string of the molecule is O=C(O)CC(Br)CCCc1ccccc1. The average Bonchev–Trinajstić information content (AvgIpc) is 2.18. The molecule has 0 spiro atoms. The minimum absolute atomic E-state index is 0.0960. The highest BCUT2D eigenvalue weighted by atomic mass is 79.9. The van der Waals surface area contributed by atoms with Crippen LogP contribution in [0, 0.1) is 0 Å². The predicted molar refractivity (Wildman–Crippen MR) is 64.3 cm³/mol. The van der Waals surface area contributed by atoms with Gasteiger partial charge in [-0.2, -0.15) is 0 Å². The molecule has 0 radical (unpaired) electrons. The Labute approximate surface area is 98.4 Å². The Morgan fingerprint density at radius 2 is 2.00 bits per heavy atom. The van der Waals surface area contributed by atoms with Gasteiger partial charge in [0.1, 0.15) is 0 Å². The molecule has 82 valence electrons. The molecular formula is C12H15BrO2. The van der Waals surface area contributed by atoms with Gasteiger partial charge in [0.15, 0.2) is 0 Å². The lowest BCUT2D eigenvalue weighted by atomic mass is 10.1. The first kappa shape index (κ1) is 12.2.